The summed E-state index contributed by atoms with van der Waals surface area (Å²) in [7, 11) is 1.98. The number of aromatic nitrogens is 4. The molecule has 0 unspecified atom stereocenters. The molecular weight excluding hydrogens is 428 g/mol. The Hall–Kier alpha value is -3.13. The van der Waals surface area contributed by atoms with Gasteiger partial charge in [-0.25, -0.2) is 4.68 Å². The third-order valence-electron chi connectivity index (χ3n) is 6.32. The maximum atomic E-state index is 5.69. The molecule has 0 aliphatic carbocycles. The fourth-order valence-electron chi connectivity index (χ4n) is 4.57. The number of pyridine rings is 1. The average Bonchev–Trinajstić information content (AvgIpc) is 3.16. The van der Waals surface area contributed by atoms with Crippen molar-refractivity contribution in [2.45, 2.75) is 12.7 Å². The summed E-state index contributed by atoms with van der Waals surface area (Å²) >= 11 is 5.69. The molecular formula is C26H28N6S. The van der Waals surface area contributed by atoms with E-state index in [4.69, 9.17) is 17.3 Å². The highest BCUT2D eigenvalue weighted by molar-refractivity contribution is 7.71. The Morgan fingerprint density at radius 1 is 0.818 bits per heavy atom. The van der Waals surface area contributed by atoms with Gasteiger partial charge in [0.05, 0.1) is 12.7 Å². The van der Waals surface area contributed by atoms with Gasteiger partial charge < -0.3 is 4.57 Å². The molecule has 5 rings (SSSR count). The van der Waals surface area contributed by atoms with Gasteiger partial charge in [-0.2, -0.15) is 5.10 Å². The summed E-state index contributed by atoms with van der Waals surface area (Å²) in [5.74, 6) is 0.870. The average molecular weight is 457 g/mol. The normalized spacial score (nSPS) is 15.2. The Balaban J connectivity index is 1.31. The number of hydrogen-bond donors (Lipinski definition) is 0. The molecule has 4 aromatic rings. The van der Waals surface area contributed by atoms with Gasteiger partial charge in [0.1, 0.15) is 0 Å². The van der Waals surface area contributed by atoms with E-state index in [1.807, 2.05) is 28.4 Å². The second-order valence-corrected chi connectivity index (χ2v) is 8.79. The molecule has 7 heteroatoms. The van der Waals surface area contributed by atoms with Crippen LogP contribution in [0.3, 0.4) is 0 Å². The van der Waals surface area contributed by atoms with Gasteiger partial charge in [-0.05, 0) is 35.5 Å². The van der Waals surface area contributed by atoms with Crippen molar-refractivity contribution in [2.24, 2.45) is 7.05 Å². The van der Waals surface area contributed by atoms with Crippen molar-refractivity contribution in [3.63, 3.8) is 0 Å². The molecule has 0 atom stereocenters. The monoisotopic (exact) mass is 456 g/mol. The summed E-state index contributed by atoms with van der Waals surface area (Å²) in [5, 5.41) is 4.82. The van der Waals surface area contributed by atoms with E-state index in [9.17, 15) is 0 Å². The smallest absolute Gasteiger partial charge is 0.199 e. The van der Waals surface area contributed by atoms with Crippen molar-refractivity contribution in [1.29, 1.82) is 0 Å². The molecule has 0 radical (unpaired) electrons. The molecule has 33 heavy (non-hydrogen) atoms. The molecule has 0 N–H and O–H groups in total. The lowest BCUT2D eigenvalue weighted by Crippen LogP contribution is -2.48. The van der Waals surface area contributed by atoms with E-state index in [0.29, 0.717) is 6.67 Å². The van der Waals surface area contributed by atoms with Gasteiger partial charge >= 0.3 is 0 Å². The predicted molar refractivity (Wildman–Crippen MR) is 133 cm³/mol. The van der Waals surface area contributed by atoms with Crippen LogP contribution in [-0.4, -0.2) is 55.3 Å². The molecule has 2 aromatic carbocycles. The Kier molecular flexibility index (Phi) is 6.44. The van der Waals surface area contributed by atoms with Gasteiger partial charge in [0.15, 0.2) is 10.6 Å². The third-order valence-corrected chi connectivity index (χ3v) is 6.80. The second kappa shape index (κ2) is 9.79. The highest BCUT2D eigenvalue weighted by Crippen LogP contribution is 2.29. The SMILES string of the molecule is Cn1c(-c2ccncc2)nn(CN2CCN(C(c3ccccc3)c3ccccc3)CC2)c1=S. The Labute approximate surface area is 199 Å². The van der Waals surface area contributed by atoms with Crippen molar-refractivity contribution in [3.05, 3.63) is 101 Å². The molecule has 1 aliphatic rings. The predicted octanol–water partition coefficient (Wildman–Crippen LogP) is 4.38. The minimum atomic E-state index is 0.268. The molecule has 1 saturated heterocycles. The second-order valence-electron chi connectivity index (χ2n) is 8.42. The topological polar surface area (TPSA) is 42.1 Å². The minimum Gasteiger partial charge on any atom is -0.303 e. The fraction of sp³-hybridized carbons (Fsp3) is 0.269. The molecule has 1 aliphatic heterocycles. The number of hydrogen-bond acceptors (Lipinski definition) is 5. The third kappa shape index (κ3) is 4.66. The maximum Gasteiger partial charge on any atom is 0.199 e. The molecule has 1 fully saturated rings. The van der Waals surface area contributed by atoms with Gasteiger partial charge in [-0.1, -0.05) is 60.7 Å². The zero-order chi connectivity index (χ0) is 22.6. The maximum absolute atomic E-state index is 5.69. The van der Waals surface area contributed by atoms with E-state index < -0.39 is 0 Å². The van der Waals surface area contributed by atoms with E-state index in [2.05, 4.69) is 75.4 Å². The van der Waals surface area contributed by atoms with Crippen molar-refractivity contribution in [2.75, 3.05) is 26.2 Å². The lowest BCUT2D eigenvalue weighted by Gasteiger charge is -2.39. The zero-order valence-electron chi connectivity index (χ0n) is 18.8. The lowest BCUT2D eigenvalue weighted by molar-refractivity contribution is 0.0844. The quantitative estimate of drug-likeness (QED) is 0.403. The first-order chi connectivity index (χ1) is 16.2. The standard InChI is InChI=1S/C26H28N6S/c1-29-25(23-12-14-27-15-13-23)28-32(26(29)33)20-30-16-18-31(19-17-30)24(21-8-4-2-5-9-21)22-10-6-3-7-11-22/h2-15,24H,16-20H2,1H3. The highest BCUT2D eigenvalue weighted by atomic mass is 32.1. The summed E-state index contributed by atoms with van der Waals surface area (Å²) in [5.41, 5.74) is 3.70. The van der Waals surface area contributed by atoms with Crippen LogP contribution in [0, 0.1) is 4.77 Å². The van der Waals surface area contributed by atoms with Crippen molar-refractivity contribution < 1.29 is 0 Å². The zero-order valence-corrected chi connectivity index (χ0v) is 19.6. The van der Waals surface area contributed by atoms with Crippen LogP contribution >= 0.6 is 12.2 Å². The molecule has 168 valence electrons. The molecule has 0 bridgehead atoms. The van der Waals surface area contributed by atoms with Gasteiger partial charge in [-0.3, -0.25) is 14.8 Å². The number of rotatable bonds is 6. The summed E-state index contributed by atoms with van der Waals surface area (Å²) in [6.45, 7) is 4.63. The van der Waals surface area contributed by atoms with Crippen LogP contribution in [0.15, 0.2) is 85.2 Å². The van der Waals surface area contributed by atoms with Crippen LogP contribution in [0.5, 0.6) is 0 Å². The van der Waals surface area contributed by atoms with Gasteiger partial charge in [-0.15, -0.1) is 0 Å². The number of benzene rings is 2. The van der Waals surface area contributed by atoms with E-state index in [-0.39, 0.29) is 6.04 Å². The first-order valence-corrected chi connectivity index (χ1v) is 11.7. The summed E-state index contributed by atoms with van der Waals surface area (Å²) < 4.78 is 4.64. The lowest BCUT2D eigenvalue weighted by atomic mass is 9.96. The van der Waals surface area contributed by atoms with Crippen LogP contribution in [0.25, 0.3) is 11.4 Å². The van der Waals surface area contributed by atoms with Gasteiger partial charge in [0, 0.05) is 51.2 Å². The van der Waals surface area contributed by atoms with E-state index in [1.165, 1.54) is 11.1 Å². The molecule has 0 amide bonds. The summed E-state index contributed by atoms with van der Waals surface area (Å²) in [4.78, 5) is 9.12. The molecule has 0 saturated carbocycles. The number of nitrogens with zero attached hydrogens (tertiary/aromatic N) is 6. The van der Waals surface area contributed by atoms with Crippen LogP contribution in [0.4, 0.5) is 0 Å². The van der Waals surface area contributed by atoms with Crippen LogP contribution in [0.2, 0.25) is 0 Å². The summed E-state index contributed by atoms with van der Waals surface area (Å²) in [6.07, 6.45) is 3.57. The molecule has 0 spiro atoms. The first-order valence-electron chi connectivity index (χ1n) is 11.3. The Bertz CT molecular complexity index is 1190. The highest BCUT2D eigenvalue weighted by Gasteiger charge is 2.26. The largest absolute Gasteiger partial charge is 0.303 e. The fourth-order valence-corrected chi connectivity index (χ4v) is 4.75. The Morgan fingerprint density at radius 2 is 1.39 bits per heavy atom. The van der Waals surface area contributed by atoms with Crippen molar-refractivity contribution >= 4 is 12.2 Å². The van der Waals surface area contributed by atoms with Crippen LogP contribution in [-0.2, 0) is 13.7 Å². The van der Waals surface area contributed by atoms with E-state index >= 15 is 0 Å². The van der Waals surface area contributed by atoms with Gasteiger partial charge in [0.2, 0.25) is 0 Å². The first kappa shape index (κ1) is 21.7. The minimum absolute atomic E-state index is 0.268. The van der Waals surface area contributed by atoms with E-state index in [1.54, 1.807) is 12.4 Å². The number of piperazine rings is 1. The van der Waals surface area contributed by atoms with Gasteiger partial charge in [0.25, 0.3) is 0 Å². The molecule has 2 aromatic heterocycles. The molecule has 3 heterocycles. The van der Waals surface area contributed by atoms with Crippen molar-refractivity contribution in [1.82, 2.24) is 29.1 Å². The van der Waals surface area contributed by atoms with Crippen LogP contribution in [0.1, 0.15) is 17.2 Å². The summed E-state index contributed by atoms with van der Waals surface area (Å²) in [6, 6.07) is 25.8. The Morgan fingerprint density at radius 3 is 1.97 bits per heavy atom. The van der Waals surface area contributed by atoms with Crippen LogP contribution < -0.4 is 0 Å². The van der Waals surface area contributed by atoms with E-state index in [0.717, 1.165) is 42.3 Å². The molecule has 6 nitrogen and oxygen atoms in total. The van der Waals surface area contributed by atoms with Crippen molar-refractivity contribution in [3.8, 4) is 11.4 Å².